The van der Waals surface area contributed by atoms with Gasteiger partial charge >= 0.3 is 0 Å². The second-order valence-electron chi connectivity index (χ2n) is 9.21. The zero-order valence-corrected chi connectivity index (χ0v) is 20.0. The minimum absolute atomic E-state index is 0.0821. The van der Waals surface area contributed by atoms with Gasteiger partial charge in [-0.1, -0.05) is 60.2 Å². The lowest BCUT2D eigenvalue weighted by Crippen LogP contribution is -2.51. The zero-order valence-electron chi connectivity index (χ0n) is 20.0. The Labute approximate surface area is 192 Å². The van der Waals surface area contributed by atoms with Crippen LogP contribution in [0.15, 0.2) is 66.7 Å². The smallest absolute Gasteiger partial charge is 0.263 e. The largest absolute Gasteiger partial charge is 0.462 e. The van der Waals surface area contributed by atoms with Gasteiger partial charge in [-0.05, 0) is 70.7 Å². The second-order valence-corrected chi connectivity index (χ2v) is 9.21. The fourth-order valence-electron chi connectivity index (χ4n) is 3.91. The molecule has 1 heterocycles. The molecule has 32 heavy (non-hydrogen) atoms. The highest BCUT2D eigenvalue weighted by atomic mass is 16.5. The summed E-state index contributed by atoms with van der Waals surface area (Å²) in [7, 11) is 0. The van der Waals surface area contributed by atoms with Crippen LogP contribution in [0.4, 0.5) is 0 Å². The molecular weight excluding hydrogens is 396 g/mol. The van der Waals surface area contributed by atoms with Crippen molar-refractivity contribution >= 4 is 5.91 Å². The highest BCUT2D eigenvalue weighted by Gasteiger charge is 2.33. The molecule has 4 nitrogen and oxygen atoms in total. The first-order chi connectivity index (χ1) is 15.1. The number of carbonyl (C=O) groups excluding carboxylic acids is 1. The normalized spacial score (nSPS) is 13.3. The van der Waals surface area contributed by atoms with Crippen molar-refractivity contribution in [1.82, 2.24) is 10.3 Å². The minimum Gasteiger partial charge on any atom is -0.462 e. The summed E-state index contributed by atoms with van der Waals surface area (Å²) in [6.07, 6.45) is 0.839. The number of amides is 1. The van der Waals surface area contributed by atoms with E-state index in [4.69, 9.17) is 4.74 Å². The average molecular weight is 431 g/mol. The molecule has 0 radical (unpaired) electrons. The van der Waals surface area contributed by atoms with Crippen LogP contribution in [0.2, 0.25) is 0 Å². The molecule has 0 saturated carbocycles. The molecule has 0 aliphatic heterocycles. The van der Waals surface area contributed by atoms with Crippen LogP contribution in [0.25, 0.3) is 0 Å². The fraction of sp³-hybridized carbons (Fsp3) is 0.357. The molecule has 0 aliphatic carbocycles. The van der Waals surface area contributed by atoms with Gasteiger partial charge in [0.25, 0.3) is 5.91 Å². The molecule has 1 unspecified atom stereocenters. The lowest BCUT2D eigenvalue weighted by Gasteiger charge is -2.30. The number of ether oxygens (including phenoxy) is 1. The zero-order chi connectivity index (χ0) is 23.3. The summed E-state index contributed by atoms with van der Waals surface area (Å²) >= 11 is 0. The van der Waals surface area contributed by atoms with Crippen LogP contribution in [-0.2, 0) is 11.2 Å². The summed E-state index contributed by atoms with van der Waals surface area (Å²) in [5, 5.41) is 3.21. The third kappa shape index (κ3) is 6.19. The van der Waals surface area contributed by atoms with Crippen molar-refractivity contribution in [2.75, 3.05) is 0 Å². The van der Waals surface area contributed by atoms with Gasteiger partial charge in [0.2, 0.25) is 5.88 Å². The Balaban J connectivity index is 1.77. The SMILES string of the molecule is Cc1ccc(CC(c2ccccc2)[C@H](C)NC(=O)C(C)(C)Oc2cc(C)cc(C)n2)cc1. The quantitative estimate of drug-likeness (QED) is 0.499. The second kappa shape index (κ2) is 9.99. The van der Waals surface area contributed by atoms with Crippen molar-refractivity contribution in [3.8, 4) is 5.88 Å². The van der Waals surface area contributed by atoms with Crippen LogP contribution in [0.5, 0.6) is 5.88 Å². The number of carbonyl (C=O) groups is 1. The molecule has 4 heteroatoms. The number of benzene rings is 2. The lowest BCUT2D eigenvalue weighted by atomic mass is 9.86. The molecule has 0 saturated heterocycles. The van der Waals surface area contributed by atoms with E-state index >= 15 is 0 Å². The molecule has 1 aromatic heterocycles. The number of hydrogen-bond acceptors (Lipinski definition) is 3. The molecule has 0 aliphatic rings. The number of nitrogens with zero attached hydrogens (tertiary/aromatic N) is 1. The van der Waals surface area contributed by atoms with Crippen molar-refractivity contribution < 1.29 is 9.53 Å². The summed E-state index contributed by atoms with van der Waals surface area (Å²) in [4.78, 5) is 17.6. The van der Waals surface area contributed by atoms with Crippen molar-refractivity contribution in [3.05, 3.63) is 94.7 Å². The predicted octanol–water partition coefficient (Wildman–Crippen LogP) is 5.70. The maximum atomic E-state index is 13.2. The lowest BCUT2D eigenvalue weighted by molar-refractivity contribution is -0.135. The molecule has 0 bridgehead atoms. The van der Waals surface area contributed by atoms with Gasteiger partial charge in [0.15, 0.2) is 5.60 Å². The van der Waals surface area contributed by atoms with Crippen LogP contribution < -0.4 is 10.1 Å². The molecule has 0 spiro atoms. The van der Waals surface area contributed by atoms with Crippen LogP contribution in [0.1, 0.15) is 54.6 Å². The van der Waals surface area contributed by atoms with Crippen molar-refractivity contribution in [1.29, 1.82) is 0 Å². The monoisotopic (exact) mass is 430 g/mol. The van der Waals surface area contributed by atoms with Gasteiger partial charge in [-0.15, -0.1) is 0 Å². The Bertz CT molecular complexity index is 1020. The van der Waals surface area contributed by atoms with Gasteiger partial charge in [0, 0.05) is 23.7 Å². The Morgan fingerprint density at radius 2 is 1.62 bits per heavy atom. The van der Waals surface area contributed by atoms with Crippen molar-refractivity contribution in [2.24, 2.45) is 0 Å². The molecule has 1 amide bonds. The Kier molecular flexibility index (Phi) is 7.34. The van der Waals surface area contributed by atoms with E-state index in [1.807, 2.05) is 44.2 Å². The number of aromatic nitrogens is 1. The maximum absolute atomic E-state index is 13.2. The molecule has 1 N–H and O–H groups in total. The summed E-state index contributed by atoms with van der Waals surface area (Å²) in [6, 6.07) is 22.7. The van der Waals surface area contributed by atoms with E-state index in [1.54, 1.807) is 13.8 Å². The van der Waals surface area contributed by atoms with E-state index in [-0.39, 0.29) is 17.9 Å². The first-order valence-corrected chi connectivity index (χ1v) is 11.2. The first kappa shape index (κ1) is 23.5. The maximum Gasteiger partial charge on any atom is 0.263 e. The number of hydrogen-bond donors (Lipinski definition) is 1. The molecule has 0 fully saturated rings. The summed E-state index contributed by atoms with van der Waals surface area (Å²) < 4.78 is 6.02. The first-order valence-electron chi connectivity index (χ1n) is 11.2. The fourth-order valence-corrected chi connectivity index (χ4v) is 3.91. The third-order valence-electron chi connectivity index (χ3n) is 5.75. The average Bonchev–Trinajstić information content (AvgIpc) is 2.72. The molecule has 3 rings (SSSR count). The summed E-state index contributed by atoms with van der Waals surface area (Å²) in [5.74, 6) is 0.448. The van der Waals surface area contributed by atoms with E-state index in [0.29, 0.717) is 5.88 Å². The van der Waals surface area contributed by atoms with Crippen LogP contribution in [0, 0.1) is 20.8 Å². The highest BCUT2D eigenvalue weighted by molar-refractivity contribution is 5.85. The van der Waals surface area contributed by atoms with Crippen molar-refractivity contribution in [2.45, 2.75) is 65.5 Å². The summed E-state index contributed by atoms with van der Waals surface area (Å²) in [5.41, 5.74) is 4.57. The number of nitrogens with one attached hydrogen (secondary N) is 1. The third-order valence-corrected chi connectivity index (χ3v) is 5.75. The minimum atomic E-state index is -1.05. The molecule has 168 valence electrons. The van der Waals surface area contributed by atoms with E-state index in [0.717, 1.165) is 17.7 Å². The Morgan fingerprint density at radius 1 is 0.969 bits per heavy atom. The van der Waals surface area contributed by atoms with E-state index in [9.17, 15) is 4.79 Å². The Morgan fingerprint density at radius 3 is 2.25 bits per heavy atom. The van der Waals surface area contributed by atoms with Crippen LogP contribution in [0.3, 0.4) is 0 Å². The van der Waals surface area contributed by atoms with Gasteiger partial charge in [0.1, 0.15) is 0 Å². The van der Waals surface area contributed by atoms with Gasteiger partial charge in [-0.3, -0.25) is 4.79 Å². The number of pyridine rings is 1. The van der Waals surface area contributed by atoms with E-state index in [1.165, 1.54) is 16.7 Å². The standard InChI is InChI=1S/C28H34N2O2/c1-19-12-14-23(15-13-19)18-25(24-10-8-7-9-11-24)22(4)30-27(31)28(5,6)32-26-17-20(2)16-21(3)29-26/h7-17,22,25H,18H2,1-6H3,(H,30,31)/t22-,25?/m0/s1. The van der Waals surface area contributed by atoms with Crippen molar-refractivity contribution in [3.63, 3.8) is 0 Å². The van der Waals surface area contributed by atoms with Gasteiger partial charge in [0.05, 0.1) is 0 Å². The Hall–Kier alpha value is -3.14. The van der Waals surface area contributed by atoms with E-state index in [2.05, 4.69) is 60.5 Å². The van der Waals surface area contributed by atoms with E-state index < -0.39 is 5.60 Å². The summed E-state index contributed by atoms with van der Waals surface area (Å²) in [6.45, 7) is 11.6. The molecule has 2 aromatic carbocycles. The molecular formula is C28H34N2O2. The number of rotatable bonds is 8. The van der Waals surface area contributed by atoms with Gasteiger partial charge < -0.3 is 10.1 Å². The van der Waals surface area contributed by atoms with Crippen LogP contribution in [-0.4, -0.2) is 22.5 Å². The van der Waals surface area contributed by atoms with Gasteiger partial charge in [-0.2, -0.15) is 0 Å². The number of aryl methyl sites for hydroxylation is 3. The molecule has 3 aromatic rings. The van der Waals surface area contributed by atoms with Gasteiger partial charge in [-0.25, -0.2) is 4.98 Å². The highest BCUT2D eigenvalue weighted by Crippen LogP contribution is 2.26. The van der Waals surface area contributed by atoms with Crippen LogP contribution >= 0.6 is 0 Å². The topological polar surface area (TPSA) is 51.2 Å². The molecule has 2 atom stereocenters. The predicted molar refractivity (Wildman–Crippen MR) is 130 cm³/mol.